The fraction of sp³-hybridized carbons (Fsp3) is 0.531. The monoisotopic (exact) mass is 746 g/mol. The molecular formula is C49H66N2O2S. The maximum absolute atomic E-state index is 11.9. The van der Waals surface area contributed by atoms with Crippen molar-refractivity contribution in [1.82, 2.24) is 0 Å². The van der Waals surface area contributed by atoms with E-state index in [-0.39, 0.29) is 16.9 Å². The Morgan fingerprint density at radius 1 is 0.833 bits per heavy atom. The fourth-order valence-corrected chi connectivity index (χ4v) is 9.86. The van der Waals surface area contributed by atoms with Crippen molar-refractivity contribution in [3.63, 3.8) is 0 Å². The second kappa shape index (κ2) is 17.0. The third-order valence-corrected chi connectivity index (χ3v) is 13.1. The molecule has 5 rings (SSSR count). The van der Waals surface area contributed by atoms with Gasteiger partial charge in [0.15, 0.2) is 0 Å². The second-order valence-electron chi connectivity index (χ2n) is 18.6. The summed E-state index contributed by atoms with van der Waals surface area (Å²) in [7, 11) is 0. The number of anilines is 1. The molecule has 2 aliphatic rings. The van der Waals surface area contributed by atoms with Gasteiger partial charge in [0.2, 0.25) is 0 Å². The first-order chi connectivity index (χ1) is 25.3. The van der Waals surface area contributed by atoms with E-state index in [1.54, 1.807) is 0 Å². The minimum Gasteiger partial charge on any atom is -0.507 e. The topological polar surface area (TPSA) is 65.3 Å². The van der Waals surface area contributed by atoms with Gasteiger partial charge in [-0.2, -0.15) is 17.0 Å². The molecule has 0 radical (unpaired) electrons. The van der Waals surface area contributed by atoms with Crippen LogP contribution in [0.25, 0.3) is 0 Å². The van der Waals surface area contributed by atoms with Gasteiger partial charge in [-0.3, -0.25) is 0 Å². The number of nitrogens with one attached hydrogen (secondary N) is 1. The number of phenols is 1. The molecule has 3 unspecified atom stereocenters. The van der Waals surface area contributed by atoms with Gasteiger partial charge in [-0.15, -0.1) is 0 Å². The van der Waals surface area contributed by atoms with Gasteiger partial charge in [0.05, 0.1) is 5.69 Å². The molecule has 0 aromatic heterocycles. The van der Waals surface area contributed by atoms with Gasteiger partial charge in [-0.25, -0.2) is 0 Å². The van der Waals surface area contributed by atoms with Crippen molar-refractivity contribution in [2.45, 2.75) is 162 Å². The van der Waals surface area contributed by atoms with E-state index in [0.717, 1.165) is 77.1 Å². The zero-order valence-electron chi connectivity index (χ0n) is 35.3. The van der Waals surface area contributed by atoms with E-state index in [1.807, 2.05) is 11.8 Å². The van der Waals surface area contributed by atoms with Crippen molar-refractivity contribution in [2.75, 3.05) is 5.32 Å². The number of thioether (sulfide) groups is 1. The number of allylic oxidation sites excluding steroid dienone is 4. The number of rotatable bonds is 9. The molecule has 1 fully saturated rings. The van der Waals surface area contributed by atoms with Crippen molar-refractivity contribution in [2.24, 2.45) is 5.92 Å². The summed E-state index contributed by atoms with van der Waals surface area (Å²) >= 11 is 1.97. The highest BCUT2D eigenvalue weighted by atomic mass is 32.2. The van der Waals surface area contributed by atoms with Crippen LogP contribution in [-0.4, -0.2) is 16.4 Å². The van der Waals surface area contributed by atoms with Gasteiger partial charge in [0, 0.05) is 22.6 Å². The number of hydrogen-bond acceptors (Lipinski definition) is 5. The molecule has 3 atom stereocenters. The fourth-order valence-electron chi connectivity index (χ4n) is 8.48. The lowest BCUT2D eigenvalue weighted by molar-refractivity contribution is 0.461. The standard InChI is InChI=1S/C49H66N2O2S/c1-30-19-32(3)40(33(4)20-30)25-36-23-38(48(7,8)9)24-37(46(36)52)29-54-45-18-16-14-13-15-17-42(45)51-43-26-39(49(10,11)12)27-44(41(43)28-50)53-47-34(5)21-31(2)22-35(47)6/h19,21-24,26-27,33,42,45,51-52H,13-18,20,25,29H2,1-12H3. The van der Waals surface area contributed by atoms with Crippen molar-refractivity contribution in [1.29, 1.82) is 5.26 Å². The van der Waals surface area contributed by atoms with Crippen LogP contribution in [0.15, 0.2) is 59.2 Å². The lowest BCUT2D eigenvalue weighted by Crippen LogP contribution is -2.33. The van der Waals surface area contributed by atoms with Crippen LogP contribution in [0.2, 0.25) is 0 Å². The number of phenolic OH excluding ortho intramolecular Hbond substituents is 1. The molecule has 2 N–H and O–H groups in total. The van der Waals surface area contributed by atoms with Crippen LogP contribution >= 0.6 is 11.8 Å². The molecule has 2 aliphatic carbocycles. The second-order valence-corrected chi connectivity index (χ2v) is 19.8. The minimum absolute atomic E-state index is 0.0362. The van der Waals surface area contributed by atoms with Gasteiger partial charge < -0.3 is 15.2 Å². The van der Waals surface area contributed by atoms with Crippen LogP contribution < -0.4 is 10.1 Å². The number of hydrogen-bond donors (Lipinski definition) is 2. The molecule has 0 bridgehead atoms. The number of nitriles is 1. The third-order valence-electron chi connectivity index (χ3n) is 11.6. The smallest absolute Gasteiger partial charge is 0.147 e. The van der Waals surface area contributed by atoms with E-state index in [9.17, 15) is 10.4 Å². The summed E-state index contributed by atoms with van der Waals surface area (Å²) in [6.07, 6.45) is 11.1. The molecule has 290 valence electrons. The lowest BCUT2D eigenvalue weighted by Gasteiger charge is -2.32. The Balaban J connectivity index is 1.49. The Hall–Kier alpha value is -3.62. The highest BCUT2D eigenvalue weighted by molar-refractivity contribution is 7.99. The quantitative estimate of drug-likeness (QED) is 0.228. The highest BCUT2D eigenvalue weighted by Crippen LogP contribution is 2.42. The molecule has 5 heteroatoms. The van der Waals surface area contributed by atoms with Crippen molar-refractivity contribution >= 4 is 17.4 Å². The zero-order chi connectivity index (χ0) is 39.5. The molecule has 4 nitrogen and oxygen atoms in total. The summed E-state index contributed by atoms with van der Waals surface area (Å²) in [6.45, 7) is 26.5. The van der Waals surface area contributed by atoms with E-state index in [1.165, 1.54) is 47.1 Å². The molecule has 3 aromatic rings. The van der Waals surface area contributed by atoms with E-state index < -0.39 is 0 Å². The van der Waals surface area contributed by atoms with Gasteiger partial charge >= 0.3 is 0 Å². The first-order valence-corrected chi connectivity index (χ1v) is 21.3. The van der Waals surface area contributed by atoms with E-state index in [0.29, 0.717) is 28.2 Å². The molecule has 0 spiro atoms. The maximum Gasteiger partial charge on any atom is 0.147 e. The molecule has 0 heterocycles. The van der Waals surface area contributed by atoms with Crippen LogP contribution in [0.5, 0.6) is 17.2 Å². The van der Waals surface area contributed by atoms with Crippen molar-refractivity contribution in [3.8, 4) is 23.3 Å². The third kappa shape index (κ3) is 9.97. The summed E-state index contributed by atoms with van der Waals surface area (Å²) in [6, 6.07) is 15.8. The summed E-state index contributed by atoms with van der Waals surface area (Å²) in [5, 5.41) is 26.9. The Bertz CT molecular complexity index is 1920. The molecule has 54 heavy (non-hydrogen) atoms. The first kappa shape index (κ1) is 41.5. The van der Waals surface area contributed by atoms with Crippen LogP contribution in [0, 0.1) is 38.0 Å². The summed E-state index contributed by atoms with van der Waals surface area (Å²) < 4.78 is 6.69. The minimum atomic E-state index is -0.137. The number of ether oxygens (including phenoxy) is 1. The van der Waals surface area contributed by atoms with E-state index in [2.05, 4.69) is 137 Å². The predicted molar refractivity (Wildman–Crippen MR) is 232 cm³/mol. The van der Waals surface area contributed by atoms with Crippen molar-refractivity contribution < 1.29 is 9.84 Å². The van der Waals surface area contributed by atoms with Crippen LogP contribution in [-0.2, 0) is 23.0 Å². The molecule has 3 aromatic carbocycles. The summed E-state index contributed by atoms with van der Waals surface area (Å²) in [5.74, 6) is 3.10. The van der Waals surface area contributed by atoms with Crippen LogP contribution in [0.1, 0.15) is 152 Å². The summed E-state index contributed by atoms with van der Waals surface area (Å²) in [4.78, 5) is 0. The summed E-state index contributed by atoms with van der Waals surface area (Å²) in [5.41, 5.74) is 13.3. The van der Waals surface area contributed by atoms with Gasteiger partial charge in [0.1, 0.15) is 28.9 Å². The van der Waals surface area contributed by atoms with Crippen LogP contribution in [0.4, 0.5) is 5.69 Å². The number of aromatic hydroxyl groups is 1. The van der Waals surface area contributed by atoms with Gasteiger partial charge in [-0.1, -0.05) is 127 Å². The molecule has 0 aliphatic heterocycles. The lowest BCUT2D eigenvalue weighted by atomic mass is 9.80. The van der Waals surface area contributed by atoms with Gasteiger partial charge in [0.25, 0.3) is 0 Å². The van der Waals surface area contributed by atoms with Crippen LogP contribution in [0.3, 0.4) is 0 Å². The number of nitrogens with zero attached hydrogens (tertiary/aromatic N) is 1. The Morgan fingerprint density at radius 3 is 2.06 bits per heavy atom. The zero-order valence-corrected chi connectivity index (χ0v) is 36.2. The molecule has 0 amide bonds. The average molecular weight is 747 g/mol. The highest BCUT2D eigenvalue weighted by Gasteiger charge is 2.29. The molecular weight excluding hydrogens is 681 g/mol. The van der Waals surface area contributed by atoms with Crippen molar-refractivity contribution in [3.05, 3.63) is 104 Å². The molecule has 0 saturated heterocycles. The largest absolute Gasteiger partial charge is 0.507 e. The number of aryl methyl sites for hydroxylation is 3. The van der Waals surface area contributed by atoms with Gasteiger partial charge in [-0.05, 0) is 117 Å². The predicted octanol–water partition coefficient (Wildman–Crippen LogP) is 13.9. The Morgan fingerprint density at radius 2 is 1.44 bits per heavy atom. The first-order valence-electron chi connectivity index (χ1n) is 20.3. The average Bonchev–Trinajstić information content (AvgIpc) is 3.05. The normalized spacial score (nSPS) is 19.8. The SMILES string of the molecule is CC1=CC(C)=C(Cc2cc(C(C)(C)C)cc(CSC3CCCCCCC3Nc3cc(C(C)(C)C)cc(Oc4c(C)cc(C)cc4C)c3C#N)c2O)C(C)C1. The Labute approximate surface area is 331 Å². The molecule has 1 saturated carbocycles. The Kier molecular flexibility index (Phi) is 13.1. The number of benzene rings is 3. The van der Waals surface area contributed by atoms with E-state index >= 15 is 0 Å². The van der Waals surface area contributed by atoms with E-state index in [4.69, 9.17) is 4.74 Å². The maximum atomic E-state index is 11.9.